The Labute approximate surface area is 280 Å². The molecule has 7 rings (SSSR count). The summed E-state index contributed by atoms with van der Waals surface area (Å²) in [6, 6.07) is 14.3. The number of fused-ring (bicyclic) bond motifs is 2. The van der Waals surface area contributed by atoms with Crippen molar-refractivity contribution in [3.8, 4) is 5.75 Å². The monoisotopic (exact) mass is 673 g/mol. The smallest absolute Gasteiger partial charge is 0.337 e. The Morgan fingerprint density at radius 2 is 1.92 bits per heavy atom. The molecule has 4 heterocycles. The number of furan rings is 1. The van der Waals surface area contributed by atoms with Crippen molar-refractivity contribution < 1.29 is 27.5 Å². The van der Waals surface area contributed by atoms with Gasteiger partial charge in [-0.3, -0.25) is 4.90 Å². The average Bonchev–Trinajstić information content (AvgIpc) is 3.82. The summed E-state index contributed by atoms with van der Waals surface area (Å²) in [5.41, 5.74) is 4.82. The van der Waals surface area contributed by atoms with Crippen molar-refractivity contribution in [3.05, 3.63) is 112 Å². The van der Waals surface area contributed by atoms with Crippen LogP contribution in [0.2, 0.25) is 5.02 Å². The van der Waals surface area contributed by atoms with Crippen LogP contribution in [-0.2, 0) is 31.0 Å². The van der Waals surface area contributed by atoms with Crippen molar-refractivity contribution in [2.24, 2.45) is 0 Å². The third-order valence-electron chi connectivity index (χ3n) is 9.15. The lowest BCUT2D eigenvalue weighted by atomic mass is 9.88. The minimum absolute atomic E-state index is 0.00174. The number of esters is 1. The zero-order valence-electron chi connectivity index (χ0n) is 26.6. The fourth-order valence-electron chi connectivity index (χ4n) is 6.62. The van der Waals surface area contributed by atoms with E-state index >= 15 is 4.39 Å². The normalized spacial score (nSPS) is 14.3. The molecule has 0 radical (unpaired) electrons. The zero-order chi connectivity index (χ0) is 33.4. The number of methoxy groups -OCH3 is 1. The van der Waals surface area contributed by atoms with Gasteiger partial charge in [0, 0.05) is 35.3 Å². The highest BCUT2D eigenvalue weighted by Crippen LogP contribution is 2.38. The molecule has 0 aliphatic carbocycles. The summed E-state index contributed by atoms with van der Waals surface area (Å²) in [5.74, 6) is 0.314. The van der Waals surface area contributed by atoms with E-state index in [1.165, 1.54) is 19.2 Å². The lowest BCUT2D eigenvalue weighted by Crippen LogP contribution is -2.33. The third-order valence-corrected chi connectivity index (χ3v) is 9.48. The van der Waals surface area contributed by atoms with E-state index in [0.717, 1.165) is 60.6 Å². The van der Waals surface area contributed by atoms with E-state index in [1.807, 2.05) is 30.7 Å². The maximum atomic E-state index is 15.2. The molecule has 0 unspecified atom stereocenters. The minimum Gasteiger partial charge on any atom is -0.485 e. The number of imidazole rings is 2. The van der Waals surface area contributed by atoms with Crippen molar-refractivity contribution in [2.45, 2.75) is 51.9 Å². The van der Waals surface area contributed by atoms with E-state index in [2.05, 4.69) is 25.9 Å². The van der Waals surface area contributed by atoms with E-state index in [4.69, 9.17) is 30.5 Å². The second-order valence-electron chi connectivity index (χ2n) is 12.0. The van der Waals surface area contributed by atoms with Gasteiger partial charge in [-0.05, 0) is 69.1 Å². The number of rotatable bonds is 10. The van der Waals surface area contributed by atoms with Crippen LogP contribution < -0.4 is 4.74 Å². The molecule has 12 heteroatoms. The number of aryl methyl sites for hydroxylation is 1. The number of benzene rings is 3. The fraction of sp³-hybridized carbons (Fsp3) is 0.306. The van der Waals surface area contributed by atoms with E-state index < -0.39 is 17.8 Å². The number of aromatic nitrogens is 4. The molecule has 3 aromatic heterocycles. The quantitative estimate of drug-likeness (QED) is 0.138. The summed E-state index contributed by atoms with van der Waals surface area (Å²) in [6.45, 7) is 5.56. The SMILES string of the molecule is CCn1cncc1Cn1c(CN2CCC(c3cccc(F)c3OCc3ccc(Cl)c4cc(F)oc34)CC2)nc2ccc(C(=O)OC)cc21. The minimum atomic E-state index is -0.744. The van der Waals surface area contributed by atoms with E-state index in [-0.39, 0.29) is 23.9 Å². The molecule has 0 bridgehead atoms. The van der Waals surface area contributed by atoms with Crippen LogP contribution in [0.4, 0.5) is 8.78 Å². The van der Waals surface area contributed by atoms with E-state index in [9.17, 15) is 9.18 Å². The molecule has 1 aliphatic heterocycles. The number of hydrogen-bond donors (Lipinski definition) is 0. The number of halogens is 3. The summed E-state index contributed by atoms with van der Waals surface area (Å²) in [6.07, 6.45) is 5.26. The molecule has 48 heavy (non-hydrogen) atoms. The van der Waals surface area contributed by atoms with Crippen LogP contribution in [0, 0.1) is 11.8 Å². The number of piperidine rings is 1. The number of ether oxygens (including phenoxy) is 2. The highest BCUT2D eigenvalue weighted by atomic mass is 35.5. The van der Waals surface area contributed by atoms with Gasteiger partial charge in [0.1, 0.15) is 18.0 Å². The zero-order valence-corrected chi connectivity index (χ0v) is 27.3. The van der Waals surface area contributed by atoms with Gasteiger partial charge in [-0.15, -0.1) is 0 Å². The van der Waals surface area contributed by atoms with Crippen molar-refractivity contribution >= 4 is 39.6 Å². The maximum absolute atomic E-state index is 15.2. The molecular weight excluding hydrogens is 640 g/mol. The Morgan fingerprint density at radius 1 is 1.08 bits per heavy atom. The van der Waals surface area contributed by atoms with Crippen LogP contribution >= 0.6 is 11.6 Å². The molecule has 1 fully saturated rings. The second-order valence-corrected chi connectivity index (χ2v) is 12.4. The highest BCUT2D eigenvalue weighted by Gasteiger charge is 2.27. The topological polar surface area (TPSA) is 87.5 Å². The van der Waals surface area contributed by atoms with Crippen molar-refractivity contribution in [1.29, 1.82) is 0 Å². The highest BCUT2D eigenvalue weighted by molar-refractivity contribution is 6.35. The van der Waals surface area contributed by atoms with Gasteiger partial charge in [0.2, 0.25) is 0 Å². The number of nitrogens with zero attached hydrogens (tertiary/aromatic N) is 5. The Balaban J connectivity index is 1.09. The van der Waals surface area contributed by atoms with Crippen LogP contribution in [0.15, 0.2) is 71.5 Å². The predicted molar refractivity (Wildman–Crippen MR) is 177 cm³/mol. The number of likely N-dealkylation sites (tertiary alicyclic amines) is 1. The first-order valence-corrected chi connectivity index (χ1v) is 16.3. The van der Waals surface area contributed by atoms with Gasteiger partial charge < -0.3 is 23.0 Å². The van der Waals surface area contributed by atoms with Gasteiger partial charge in [0.05, 0.1) is 53.8 Å². The molecule has 0 saturated carbocycles. The van der Waals surface area contributed by atoms with Gasteiger partial charge in [-0.25, -0.2) is 19.2 Å². The van der Waals surface area contributed by atoms with Crippen LogP contribution in [0.3, 0.4) is 0 Å². The lowest BCUT2D eigenvalue weighted by Gasteiger charge is -2.32. The molecule has 0 N–H and O–H groups in total. The van der Waals surface area contributed by atoms with E-state index in [1.54, 1.807) is 24.3 Å². The molecule has 6 aromatic rings. The summed E-state index contributed by atoms with van der Waals surface area (Å²) in [4.78, 5) is 24.0. The average molecular weight is 674 g/mol. The first-order valence-electron chi connectivity index (χ1n) is 15.9. The summed E-state index contributed by atoms with van der Waals surface area (Å²) in [5, 5.41) is 0.818. The van der Waals surface area contributed by atoms with Crippen LogP contribution in [0.5, 0.6) is 5.75 Å². The summed E-state index contributed by atoms with van der Waals surface area (Å²) < 4.78 is 49.6. The molecular formula is C36H34ClF2N5O4. The number of hydrogen-bond acceptors (Lipinski definition) is 7. The van der Waals surface area contributed by atoms with Crippen molar-refractivity contribution in [1.82, 2.24) is 24.0 Å². The summed E-state index contributed by atoms with van der Waals surface area (Å²) >= 11 is 6.21. The Morgan fingerprint density at radius 3 is 2.71 bits per heavy atom. The fourth-order valence-corrected chi connectivity index (χ4v) is 6.83. The summed E-state index contributed by atoms with van der Waals surface area (Å²) in [7, 11) is 1.37. The van der Waals surface area contributed by atoms with Crippen LogP contribution in [0.25, 0.3) is 22.0 Å². The third kappa shape index (κ3) is 6.15. The van der Waals surface area contributed by atoms with Crippen LogP contribution in [0.1, 0.15) is 58.7 Å². The molecule has 0 amide bonds. The first kappa shape index (κ1) is 31.8. The second kappa shape index (κ2) is 13.4. The number of carbonyl (C=O) groups excluding carboxylic acids is 1. The van der Waals surface area contributed by atoms with Gasteiger partial charge in [0.25, 0.3) is 6.01 Å². The predicted octanol–water partition coefficient (Wildman–Crippen LogP) is 7.72. The maximum Gasteiger partial charge on any atom is 0.337 e. The number of para-hydroxylation sites is 1. The molecule has 3 aromatic carbocycles. The number of carbonyl (C=O) groups is 1. The molecule has 0 spiro atoms. The Hall–Kier alpha value is -4.74. The molecule has 1 aliphatic rings. The standard InChI is InChI=1S/C36H34ClF2N5O4/c1-3-43-21-40-17-25(43)18-44-31-15-23(36(45)46-2)8-10-30(31)41-33(44)19-42-13-11-22(12-14-42)26-5-4-6-29(38)35(26)47-20-24-7-9-28(37)27-16-32(39)48-34(24)27/h4-10,15-17,21-22H,3,11-14,18-20H2,1-2H3. The van der Waals surface area contributed by atoms with E-state index in [0.29, 0.717) is 34.6 Å². The largest absolute Gasteiger partial charge is 0.485 e. The molecule has 0 atom stereocenters. The van der Waals surface area contributed by atoms with Gasteiger partial charge >= 0.3 is 5.97 Å². The molecule has 1 saturated heterocycles. The lowest BCUT2D eigenvalue weighted by molar-refractivity contribution is 0.0601. The van der Waals surface area contributed by atoms with Gasteiger partial charge in [0.15, 0.2) is 11.6 Å². The molecule has 9 nitrogen and oxygen atoms in total. The van der Waals surface area contributed by atoms with Gasteiger partial charge in [-0.2, -0.15) is 4.39 Å². The first-order chi connectivity index (χ1) is 23.3. The van der Waals surface area contributed by atoms with Crippen molar-refractivity contribution in [3.63, 3.8) is 0 Å². The molecule has 248 valence electrons. The van der Waals surface area contributed by atoms with Crippen molar-refractivity contribution in [2.75, 3.05) is 20.2 Å². The van der Waals surface area contributed by atoms with Gasteiger partial charge in [-0.1, -0.05) is 29.8 Å². The van der Waals surface area contributed by atoms with Crippen LogP contribution in [-0.4, -0.2) is 50.2 Å². The Kier molecular flexibility index (Phi) is 8.89. The Bertz CT molecular complexity index is 2110.